The van der Waals surface area contributed by atoms with Gasteiger partial charge in [0.15, 0.2) is 0 Å². The van der Waals surface area contributed by atoms with Crippen molar-refractivity contribution in [3.05, 3.63) is 12.2 Å². The highest BCUT2D eigenvalue weighted by Gasteiger charge is 2.10. The molecule has 0 saturated heterocycles. The first-order valence-electron chi connectivity index (χ1n) is 5.20. The topological polar surface area (TPSA) is 56.7 Å². The van der Waals surface area contributed by atoms with Crippen LogP contribution in [-0.2, 0) is 7.05 Å². The number of hydrogen-bond acceptors (Lipinski definition) is 3. The maximum Gasteiger partial charge on any atom is 0.138 e. The highest BCUT2D eigenvalue weighted by molar-refractivity contribution is 4.92. The van der Waals surface area contributed by atoms with Gasteiger partial charge in [-0.2, -0.15) is 5.10 Å². The monoisotopic (exact) mass is 196 g/mol. The summed E-state index contributed by atoms with van der Waals surface area (Å²) in [6.07, 6.45) is 4.99. The Bertz CT molecular complexity index is 267. The van der Waals surface area contributed by atoms with Crippen LogP contribution in [0.1, 0.15) is 44.9 Å². The maximum absolute atomic E-state index is 5.69. The van der Waals surface area contributed by atoms with Crippen molar-refractivity contribution >= 4 is 0 Å². The van der Waals surface area contributed by atoms with Gasteiger partial charge >= 0.3 is 0 Å². The number of hydrogen-bond donors (Lipinski definition) is 1. The van der Waals surface area contributed by atoms with Crippen molar-refractivity contribution in [1.29, 1.82) is 0 Å². The molecule has 1 aromatic heterocycles. The van der Waals surface area contributed by atoms with Gasteiger partial charge in [-0.3, -0.25) is 4.68 Å². The van der Waals surface area contributed by atoms with Gasteiger partial charge in [-0.1, -0.05) is 13.3 Å². The third kappa shape index (κ3) is 3.10. The van der Waals surface area contributed by atoms with Crippen LogP contribution >= 0.6 is 0 Å². The molecule has 0 amide bonds. The minimum absolute atomic E-state index is 0.307. The highest BCUT2D eigenvalue weighted by atomic mass is 15.3. The molecule has 1 aromatic rings. The Hall–Kier alpha value is -0.900. The molecule has 2 atom stereocenters. The van der Waals surface area contributed by atoms with E-state index >= 15 is 0 Å². The molecule has 0 radical (unpaired) electrons. The second-order valence-electron chi connectivity index (χ2n) is 4.05. The average Bonchev–Trinajstić information content (AvgIpc) is 2.50. The average molecular weight is 196 g/mol. The largest absolute Gasteiger partial charge is 0.328 e. The molecule has 0 aromatic carbocycles. The molecule has 0 bridgehead atoms. The zero-order valence-electron chi connectivity index (χ0n) is 9.27. The minimum Gasteiger partial charge on any atom is -0.328 e. The van der Waals surface area contributed by atoms with E-state index in [2.05, 4.69) is 17.0 Å². The third-order valence-corrected chi connectivity index (χ3v) is 2.48. The Labute approximate surface area is 85.5 Å². The molecule has 0 aliphatic carbocycles. The summed E-state index contributed by atoms with van der Waals surface area (Å²) < 4.78 is 1.84. The van der Waals surface area contributed by atoms with Gasteiger partial charge < -0.3 is 5.73 Å². The molecule has 0 aliphatic heterocycles. The lowest BCUT2D eigenvalue weighted by Gasteiger charge is -2.11. The fourth-order valence-electron chi connectivity index (χ4n) is 1.63. The molecule has 2 unspecified atom stereocenters. The number of aromatic nitrogens is 3. The normalized spacial score (nSPS) is 15.4. The van der Waals surface area contributed by atoms with Gasteiger partial charge in [0.05, 0.1) is 0 Å². The third-order valence-electron chi connectivity index (χ3n) is 2.48. The van der Waals surface area contributed by atoms with Crippen LogP contribution in [0, 0.1) is 0 Å². The molecule has 1 rings (SSSR count). The van der Waals surface area contributed by atoms with Crippen molar-refractivity contribution < 1.29 is 0 Å². The molecule has 4 heteroatoms. The van der Waals surface area contributed by atoms with Crippen LogP contribution in [0.4, 0.5) is 0 Å². The predicted molar refractivity (Wildman–Crippen MR) is 56.9 cm³/mol. The van der Waals surface area contributed by atoms with E-state index in [1.54, 1.807) is 6.33 Å². The van der Waals surface area contributed by atoms with Gasteiger partial charge in [0.1, 0.15) is 12.2 Å². The molecule has 1 heterocycles. The zero-order chi connectivity index (χ0) is 10.6. The van der Waals surface area contributed by atoms with Crippen LogP contribution in [0.25, 0.3) is 0 Å². The second-order valence-corrected chi connectivity index (χ2v) is 4.05. The van der Waals surface area contributed by atoms with E-state index in [9.17, 15) is 0 Å². The molecular weight excluding hydrogens is 176 g/mol. The van der Waals surface area contributed by atoms with Crippen LogP contribution in [0.2, 0.25) is 0 Å². The predicted octanol–water partition coefficient (Wildman–Crippen LogP) is 1.44. The van der Waals surface area contributed by atoms with Crippen LogP contribution < -0.4 is 5.73 Å². The Morgan fingerprint density at radius 2 is 2.14 bits per heavy atom. The first-order chi connectivity index (χ1) is 6.61. The van der Waals surface area contributed by atoms with Crippen molar-refractivity contribution in [2.45, 2.75) is 45.1 Å². The SMILES string of the molecule is CC(N)CCCC(C)c1ncnn1C. The molecule has 2 N–H and O–H groups in total. The molecule has 14 heavy (non-hydrogen) atoms. The van der Waals surface area contributed by atoms with Gasteiger partial charge in [-0.15, -0.1) is 0 Å². The van der Waals surface area contributed by atoms with Crippen LogP contribution in [0.15, 0.2) is 6.33 Å². The molecule has 0 spiro atoms. The highest BCUT2D eigenvalue weighted by Crippen LogP contribution is 2.18. The number of nitrogens with two attached hydrogens (primary N) is 1. The fraction of sp³-hybridized carbons (Fsp3) is 0.800. The van der Waals surface area contributed by atoms with Crippen LogP contribution in [-0.4, -0.2) is 20.8 Å². The van der Waals surface area contributed by atoms with E-state index < -0.39 is 0 Å². The summed E-state index contributed by atoms with van der Waals surface area (Å²) in [7, 11) is 1.93. The maximum atomic E-state index is 5.69. The Morgan fingerprint density at radius 3 is 2.64 bits per heavy atom. The molecular formula is C10H20N4. The van der Waals surface area contributed by atoms with E-state index in [1.807, 2.05) is 18.7 Å². The Morgan fingerprint density at radius 1 is 1.43 bits per heavy atom. The van der Waals surface area contributed by atoms with E-state index in [-0.39, 0.29) is 0 Å². The second kappa shape index (κ2) is 5.10. The number of nitrogens with zero attached hydrogens (tertiary/aromatic N) is 3. The van der Waals surface area contributed by atoms with Crippen molar-refractivity contribution in [2.75, 3.05) is 0 Å². The van der Waals surface area contributed by atoms with Gasteiger partial charge in [-0.05, 0) is 19.8 Å². The van der Waals surface area contributed by atoms with E-state index in [0.29, 0.717) is 12.0 Å². The summed E-state index contributed by atoms with van der Waals surface area (Å²) in [4.78, 5) is 4.23. The first-order valence-corrected chi connectivity index (χ1v) is 5.20. The molecule has 0 fully saturated rings. The summed E-state index contributed by atoms with van der Waals surface area (Å²) >= 11 is 0. The van der Waals surface area contributed by atoms with E-state index in [0.717, 1.165) is 25.1 Å². The summed E-state index contributed by atoms with van der Waals surface area (Å²) in [6.45, 7) is 4.23. The van der Waals surface area contributed by atoms with Crippen molar-refractivity contribution in [3.63, 3.8) is 0 Å². The summed E-state index contributed by atoms with van der Waals surface area (Å²) in [6, 6.07) is 0.307. The number of rotatable bonds is 5. The Balaban J connectivity index is 2.36. The smallest absolute Gasteiger partial charge is 0.138 e. The molecule has 0 saturated carbocycles. The van der Waals surface area contributed by atoms with Gasteiger partial charge in [0, 0.05) is 19.0 Å². The lowest BCUT2D eigenvalue weighted by atomic mass is 10.0. The minimum atomic E-state index is 0.307. The molecule has 80 valence electrons. The van der Waals surface area contributed by atoms with Gasteiger partial charge in [0.2, 0.25) is 0 Å². The van der Waals surface area contributed by atoms with Gasteiger partial charge in [-0.25, -0.2) is 4.98 Å². The van der Waals surface area contributed by atoms with Gasteiger partial charge in [0.25, 0.3) is 0 Å². The van der Waals surface area contributed by atoms with E-state index in [1.165, 1.54) is 0 Å². The number of aryl methyl sites for hydroxylation is 1. The lowest BCUT2D eigenvalue weighted by Crippen LogP contribution is -2.14. The summed E-state index contributed by atoms with van der Waals surface area (Å²) in [5, 5.41) is 4.06. The molecule has 0 aliphatic rings. The Kier molecular flexibility index (Phi) is 4.07. The van der Waals surface area contributed by atoms with Crippen LogP contribution in [0.3, 0.4) is 0 Å². The van der Waals surface area contributed by atoms with Crippen LogP contribution in [0.5, 0.6) is 0 Å². The summed E-state index contributed by atoms with van der Waals surface area (Å²) in [5.74, 6) is 1.54. The van der Waals surface area contributed by atoms with Crippen molar-refractivity contribution in [3.8, 4) is 0 Å². The van der Waals surface area contributed by atoms with Crippen molar-refractivity contribution in [2.24, 2.45) is 12.8 Å². The van der Waals surface area contributed by atoms with Crippen molar-refractivity contribution in [1.82, 2.24) is 14.8 Å². The fourth-order valence-corrected chi connectivity index (χ4v) is 1.63. The zero-order valence-corrected chi connectivity index (χ0v) is 9.27. The lowest BCUT2D eigenvalue weighted by molar-refractivity contribution is 0.525. The first kappa shape index (κ1) is 11.2. The quantitative estimate of drug-likeness (QED) is 0.775. The molecule has 4 nitrogen and oxygen atoms in total. The summed E-state index contributed by atoms with van der Waals surface area (Å²) in [5.41, 5.74) is 5.69. The van der Waals surface area contributed by atoms with E-state index in [4.69, 9.17) is 5.73 Å². The standard InChI is InChI=1S/C10H20N4/c1-8(5-4-6-9(2)11)10-12-7-13-14(10)3/h7-9H,4-6,11H2,1-3H3.